The van der Waals surface area contributed by atoms with Crippen molar-refractivity contribution in [3.05, 3.63) is 95.3 Å². The van der Waals surface area contributed by atoms with E-state index in [1.807, 2.05) is 42.5 Å². The van der Waals surface area contributed by atoms with Gasteiger partial charge in [-0.25, -0.2) is 9.78 Å². The second-order valence-corrected chi connectivity index (χ2v) is 9.23. The number of alkyl halides is 3. The van der Waals surface area contributed by atoms with Gasteiger partial charge < -0.3 is 9.84 Å². The Morgan fingerprint density at radius 2 is 1.73 bits per heavy atom. The van der Waals surface area contributed by atoms with Crippen molar-refractivity contribution in [2.24, 2.45) is 0 Å². The molecule has 10 heteroatoms. The number of rotatable bonds is 5. The van der Waals surface area contributed by atoms with Crippen LogP contribution in [-0.2, 0) is 20.5 Å². The van der Waals surface area contributed by atoms with Crippen LogP contribution in [0.5, 0.6) is 0 Å². The first-order chi connectivity index (χ1) is 17.7. The van der Waals surface area contributed by atoms with Crippen molar-refractivity contribution in [3.8, 4) is 11.1 Å². The summed E-state index contributed by atoms with van der Waals surface area (Å²) in [6.07, 6.45) is -4.54. The monoisotopic (exact) mass is 524 g/mol. The van der Waals surface area contributed by atoms with Gasteiger partial charge in [0.15, 0.2) is 10.9 Å². The molecule has 0 bridgehead atoms. The maximum absolute atomic E-state index is 13.2. The summed E-state index contributed by atoms with van der Waals surface area (Å²) in [6.45, 7) is 1.62. The molecule has 4 aromatic rings. The third kappa shape index (κ3) is 4.44. The molecule has 1 atom stereocenters. The van der Waals surface area contributed by atoms with E-state index in [-0.39, 0.29) is 27.5 Å². The van der Waals surface area contributed by atoms with E-state index in [4.69, 9.17) is 4.74 Å². The van der Waals surface area contributed by atoms with Crippen molar-refractivity contribution in [3.63, 3.8) is 0 Å². The summed E-state index contributed by atoms with van der Waals surface area (Å²) in [5, 5.41) is 10.7. The van der Waals surface area contributed by atoms with Gasteiger partial charge in [-0.15, -0.1) is 0 Å². The fourth-order valence-corrected chi connectivity index (χ4v) is 5.25. The Labute approximate surface area is 213 Å². The molecule has 0 fully saturated rings. The summed E-state index contributed by atoms with van der Waals surface area (Å²) in [4.78, 5) is 31.5. The summed E-state index contributed by atoms with van der Waals surface area (Å²) in [6, 6.07) is 18.7. The Morgan fingerprint density at radius 1 is 1.05 bits per heavy atom. The first-order valence-electron chi connectivity index (χ1n) is 11.3. The molecule has 1 unspecified atom stereocenters. The lowest BCUT2D eigenvalue weighted by molar-refractivity contribution is -0.139. The van der Waals surface area contributed by atoms with E-state index >= 15 is 0 Å². The third-order valence-corrected chi connectivity index (χ3v) is 6.97. The predicted molar refractivity (Wildman–Crippen MR) is 133 cm³/mol. The zero-order valence-corrected chi connectivity index (χ0v) is 20.1. The minimum Gasteiger partial charge on any atom is -0.503 e. The smallest absolute Gasteiger partial charge is 0.416 e. The average molecular weight is 525 g/mol. The second kappa shape index (κ2) is 9.36. The van der Waals surface area contributed by atoms with Gasteiger partial charge in [0.1, 0.15) is 11.6 Å². The minimum atomic E-state index is -4.54. The first-order valence-corrected chi connectivity index (χ1v) is 12.1. The molecule has 0 spiro atoms. The van der Waals surface area contributed by atoms with E-state index in [0.29, 0.717) is 5.56 Å². The van der Waals surface area contributed by atoms with E-state index in [2.05, 4.69) is 4.98 Å². The number of carbonyl (C=O) groups excluding carboxylic acids is 2. The van der Waals surface area contributed by atoms with Crippen molar-refractivity contribution in [1.82, 2.24) is 4.98 Å². The van der Waals surface area contributed by atoms with Gasteiger partial charge in [-0.1, -0.05) is 65.9 Å². The van der Waals surface area contributed by atoms with Gasteiger partial charge >= 0.3 is 12.1 Å². The number of nitrogens with zero attached hydrogens (tertiary/aromatic N) is 2. The van der Waals surface area contributed by atoms with Crippen LogP contribution < -0.4 is 4.90 Å². The van der Waals surface area contributed by atoms with Crippen LogP contribution in [0.15, 0.2) is 84.1 Å². The summed E-state index contributed by atoms with van der Waals surface area (Å²) in [5.74, 6) is -2.55. The summed E-state index contributed by atoms with van der Waals surface area (Å²) >= 11 is 0.860. The van der Waals surface area contributed by atoms with E-state index in [9.17, 15) is 27.9 Å². The van der Waals surface area contributed by atoms with E-state index in [0.717, 1.165) is 39.5 Å². The van der Waals surface area contributed by atoms with Crippen LogP contribution in [-0.4, -0.2) is 28.6 Å². The van der Waals surface area contributed by atoms with Gasteiger partial charge in [0.05, 0.1) is 22.4 Å². The molecule has 1 aromatic heterocycles. The van der Waals surface area contributed by atoms with Crippen LogP contribution >= 0.6 is 11.3 Å². The fraction of sp³-hybridized carbons (Fsp3) is 0.148. The summed E-state index contributed by atoms with van der Waals surface area (Å²) in [7, 11) is 0. The van der Waals surface area contributed by atoms with E-state index in [1.54, 1.807) is 19.1 Å². The molecule has 1 N–H and O–H groups in total. The van der Waals surface area contributed by atoms with Gasteiger partial charge in [-0.3, -0.25) is 9.69 Å². The highest BCUT2D eigenvalue weighted by Gasteiger charge is 2.46. The number of aliphatic hydroxyl groups is 1. The number of ether oxygens (including phenoxy) is 1. The Balaban J connectivity index is 1.61. The van der Waals surface area contributed by atoms with Crippen molar-refractivity contribution in [2.75, 3.05) is 11.5 Å². The van der Waals surface area contributed by atoms with Crippen molar-refractivity contribution < 1.29 is 32.6 Å². The van der Waals surface area contributed by atoms with Crippen LogP contribution in [0.25, 0.3) is 21.3 Å². The number of aromatic nitrogens is 1. The van der Waals surface area contributed by atoms with Crippen molar-refractivity contribution >= 4 is 38.6 Å². The minimum absolute atomic E-state index is 0.0187. The number of aliphatic hydroxyl groups excluding tert-OH is 1. The van der Waals surface area contributed by atoms with Crippen LogP contribution in [0.3, 0.4) is 0 Å². The molecule has 0 saturated carbocycles. The van der Waals surface area contributed by atoms with E-state index < -0.39 is 35.4 Å². The topological polar surface area (TPSA) is 79.7 Å². The molecule has 5 rings (SSSR count). The maximum Gasteiger partial charge on any atom is 0.416 e. The average Bonchev–Trinajstić information content (AvgIpc) is 3.42. The zero-order valence-electron chi connectivity index (χ0n) is 19.3. The number of anilines is 1. The fourth-order valence-electron chi connectivity index (χ4n) is 4.22. The lowest BCUT2D eigenvalue weighted by atomic mass is 9.96. The summed E-state index contributed by atoms with van der Waals surface area (Å²) in [5.41, 5.74) is 1.51. The largest absolute Gasteiger partial charge is 0.503 e. The van der Waals surface area contributed by atoms with Crippen LogP contribution in [0.4, 0.5) is 18.3 Å². The lowest BCUT2D eigenvalue weighted by Crippen LogP contribution is -2.31. The van der Waals surface area contributed by atoms with Crippen LogP contribution in [0, 0.1) is 0 Å². The standard InChI is InChI=1S/C27H19F3N2O4S/c1-2-36-25(35)21-22(17-10-8-16(9-11-17)15-6-4-3-5-7-15)32(24(34)23(21)33)26-31-19-13-12-18(27(28,29)30)14-20(19)37-26/h3-14,22,33H,2H2,1H3. The number of thiazole rings is 1. The molecule has 1 aliphatic rings. The molecule has 2 heterocycles. The highest BCUT2D eigenvalue weighted by atomic mass is 32.1. The number of fused-ring (bicyclic) bond motifs is 1. The normalized spacial score (nSPS) is 16.1. The van der Waals surface area contributed by atoms with Gasteiger partial charge in [-0.2, -0.15) is 13.2 Å². The Bertz CT molecular complexity index is 1530. The molecule has 0 radical (unpaired) electrons. The number of benzene rings is 3. The number of esters is 1. The molecular weight excluding hydrogens is 505 g/mol. The molecule has 3 aromatic carbocycles. The highest BCUT2D eigenvalue weighted by Crippen LogP contribution is 2.44. The quantitative estimate of drug-likeness (QED) is 0.304. The number of amides is 1. The lowest BCUT2D eigenvalue weighted by Gasteiger charge is -2.24. The molecule has 0 saturated heterocycles. The van der Waals surface area contributed by atoms with Gasteiger partial charge in [0.2, 0.25) is 0 Å². The number of halogens is 3. The number of carbonyl (C=O) groups is 2. The van der Waals surface area contributed by atoms with Crippen molar-refractivity contribution in [1.29, 1.82) is 0 Å². The Kier molecular flexibility index (Phi) is 6.20. The van der Waals surface area contributed by atoms with Gasteiger partial charge in [0, 0.05) is 0 Å². The van der Waals surface area contributed by atoms with Gasteiger partial charge in [0.25, 0.3) is 5.91 Å². The molecular formula is C27H19F3N2O4S. The highest BCUT2D eigenvalue weighted by molar-refractivity contribution is 7.22. The van der Waals surface area contributed by atoms with Gasteiger partial charge in [-0.05, 0) is 41.8 Å². The second-order valence-electron chi connectivity index (χ2n) is 8.23. The van der Waals surface area contributed by atoms with E-state index in [1.165, 1.54) is 6.07 Å². The molecule has 188 valence electrons. The third-order valence-electron chi connectivity index (χ3n) is 5.95. The molecule has 1 amide bonds. The Hall–Kier alpha value is -4.18. The maximum atomic E-state index is 13.2. The summed E-state index contributed by atoms with van der Waals surface area (Å²) < 4.78 is 45.0. The molecule has 0 aliphatic carbocycles. The van der Waals surface area contributed by atoms with Crippen LogP contribution in [0.1, 0.15) is 24.1 Å². The molecule has 37 heavy (non-hydrogen) atoms. The molecule has 6 nitrogen and oxygen atoms in total. The number of hydrogen-bond acceptors (Lipinski definition) is 6. The molecule has 1 aliphatic heterocycles. The Morgan fingerprint density at radius 3 is 2.38 bits per heavy atom. The van der Waals surface area contributed by atoms with Crippen LogP contribution in [0.2, 0.25) is 0 Å². The zero-order chi connectivity index (χ0) is 26.3. The number of hydrogen-bond donors (Lipinski definition) is 1. The van der Waals surface area contributed by atoms with Crippen molar-refractivity contribution in [2.45, 2.75) is 19.1 Å². The predicted octanol–water partition coefficient (Wildman–Crippen LogP) is 6.45. The SMILES string of the molecule is CCOC(=O)C1=C(O)C(=O)N(c2nc3ccc(C(F)(F)F)cc3s2)C1c1ccc(-c2ccccc2)cc1. The first kappa shape index (κ1) is 24.5.